The van der Waals surface area contributed by atoms with Gasteiger partial charge in [0.15, 0.2) is 0 Å². The fourth-order valence-electron chi connectivity index (χ4n) is 1.40. The Hall–Kier alpha value is -1.51. The molecular weight excluding hydrogens is 214 g/mol. The molecule has 2 N–H and O–H groups in total. The Bertz CT molecular complexity index is 374. The largest absolute Gasteiger partial charge is 0.462 e. The van der Waals surface area contributed by atoms with Gasteiger partial charge in [0, 0.05) is 12.1 Å². The normalized spacial score (nSPS) is 12.5. The summed E-state index contributed by atoms with van der Waals surface area (Å²) in [5.74, 6) is 0.208. The molecule has 0 saturated carbocycles. The van der Waals surface area contributed by atoms with Gasteiger partial charge in [-0.3, -0.25) is 4.79 Å². The van der Waals surface area contributed by atoms with Gasteiger partial charge < -0.3 is 10.5 Å². The van der Waals surface area contributed by atoms with Crippen molar-refractivity contribution in [3.63, 3.8) is 0 Å². The molecule has 3 nitrogen and oxygen atoms in total. The molecule has 0 radical (unpaired) electrons. The first-order valence-corrected chi connectivity index (χ1v) is 6.03. The van der Waals surface area contributed by atoms with Gasteiger partial charge in [-0.2, -0.15) is 0 Å². The number of aryl methyl sites for hydroxylation is 1. The molecule has 0 fully saturated rings. The molecule has 3 heteroatoms. The first-order valence-electron chi connectivity index (χ1n) is 6.03. The second-order valence-corrected chi connectivity index (χ2v) is 4.68. The van der Waals surface area contributed by atoms with Crippen LogP contribution in [0.2, 0.25) is 0 Å². The molecule has 1 aromatic carbocycles. The third-order valence-corrected chi connectivity index (χ3v) is 2.83. The van der Waals surface area contributed by atoms with Crippen LogP contribution in [0.15, 0.2) is 24.3 Å². The van der Waals surface area contributed by atoms with Crippen molar-refractivity contribution in [1.82, 2.24) is 0 Å². The van der Waals surface area contributed by atoms with Crippen LogP contribution < -0.4 is 5.73 Å². The molecule has 0 spiro atoms. The quantitative estimate of drug-likeness (QED) is 0.630. The highest BCUT2D eigenvalue weighted by molar-refractivity contribution is 5.70. The van der Waals surface area contributed by atoms with Crippen LogP contribution in [0.1, 0.15) is 32.8 Å². The monoisotopic (exact) mass is 235 g/mol. The van der Waals surface area contributed by atoms with Gasteiger partial charge in [-0.15, -0.1) is 0 Å². The van der Waals surface area contributed by atoms with E-state index in [1.807, 2.05) is 45.0 Å². The van der Waals surface area contributed by atoms with Gasteiger partial charge in [0.05, 0.1) is 0 Å². The molecule has 1 aromatic rings. The summed E-state index contributed by atoms with van der Waals surface area (Å²) in [6.07, 6.45) is 1.05. The maximum atomic E-state index is 11.6. The van der Waals surface area contributed by atoms with Crippen LogP contribution in [0.3, 0.4) is 0 Å². The van der Waals surface area contributed by atoms with Crippen molar-refractivity contribution in [2.45, 2.75) is 39.7 Å². The van der Waals surface area contributed by atoms with E-state index in [0.29, 0.717) is 18.8 Å². The van der Waals surface area contributed by atoms with E-state index in [2.05, 4.69) is 0 Å². The minimum Gasteiger partial charge on any atom is -0.462 e. The zero-order valence-corrected chi connectivity index (χ0v) is 10.8. The molecule has 0 aliphatic heterocycles. The molecule has 17 heavy (non-hydrogen) atoms. The van der Waals surface area contributed by atoms with E-state index in [-0.39, 0.29) is 12.1 Å². The third-order valence-electron chi connectivity index (χ3n) is 2.83. The molecule has 94 valence electrons. The fraction of sp³-hybridized carbons (Fsp3) is 0.500. The van der Waals surface area contributed by atoms with Crippen molar-refractivity contribution in [2.75, 3.05) is 5.73 Å². The molecule has 0 amide bonds. The molecule has 1 unspecified atom stereocenters. The number of hydrogen-bond donors (Lipinski definition) is 1. The first kappa shape index (κ1) is 13.6. The Kier molecular flexibility index (Phi) is 5.01. The fourth-order valence-corrected chi connectivity index (χ4v) is 1.40. The number of rotatable bonds is 5. The highest BCUT2D eigenvalue weighted by Crippen LogP contribution is 2.11. The zero-order valence-electron chi connectivity index (χ0n) is 10.8. The van der Waals surface area contributed by atoms with Crippen molar-refractivity contribution in [3.8, 4) is 0 Å². The number of hydrogen-bond acceptors (Lipinski definition) is 3. The lowest BCUT2D eigenvalue weighted by Crippen LogP contribution is -2.20. The predicted octanol–water partition coefficient (Wildman–Crippen LogP) is 2.79. The van der Waals surface area contributed by atoms with Gasteiger partial charge >= 0.3 is 5.97 Å². The molecular formula is C14H21NO2. The number of esters is 1. The van der Waals surface area contributed by atoms with Crippen LogP contribution in [0.25, 0.3) is 0 Å². The van der Waals surface area contributed by atoms with Crippen molar-refractivity contribution < 1.29 is 9.53 Å². The second-order valence-electron chi connectivity index (χ2n) is 4.68. The molecule has 0 saturated heterocycles. The SMILES string of the molecule is CC(C)C(C)OC(=O)CCc1cccc(N)c1. The predicted molar refractivity (Wildman–Crippen MR) is 69.6 cm³/mol. The Morgan fingerprint density at radius 2 is 2.06 bits per heavy atom. The van der Waals surface area contributed by atoms with E-state index < -0.39 is 0 Å². The maximum Gasteiger partial charge on any atom is 0.306 e. The third kappa shape index (κ3) is 4.89. The number of nitrogens with two attached hydrogens (primary N) is 1. The molecule has 0 aromatic heterocycles. The molecule has 1 rings (SSSR count). The smallest absolute Gasteiger partial charge is 0.306 e. The average molecular weight is 235 g/mol. The van der Waals surface area contributed by atoms with E-state index in [4.69, 9.17) is 10.5 Å². The number of ether oxygens (including phenoxy) is 1. The number of benzene rings is 1. The second kappa shape index (κ2) is 6.28. The molecule has 0 heterocycles. The molecule has 0 aliphatic rings. The van der Waals surface area contributed by atoms with E-state index in [1.165, 1.54) is 0 Å². The minimum atomic E-state index is -0.145. The highest BCUT2D eigenvalue weighted by atomic mass is 16.5. The summed E-state index contributed by atoms with van der Waals surface area (Å²) in [6, 6.07) is 7.59. The Morgan fingerprint density at radius 3 is 2.65 bits per heavy atom. The van der Waals surface area contributed by atoms with E-state index in [9.17, 15) is 4.79 Å². The highest BCUT2D eigenvalue weighted by Gasteiger charge is 2.12. The van der Waals surface area contributed by atoms with Gasteiger partial charge in [0.25, 0.3) is 0 Å². The summed E-state index contributed by atoms with van der Waals surface area (Å²) >= 11 is 0. The van der Waals surface area contributed by atoms with Crippen molar-refractivity contribution in [3.05, 3.63) is 29.8 Å². The number of carbonyl (C=O) groups excluding carboxylic acids is 1. The summed E-state index contributed by atoms with van der Waals surface area (Å²) in [7, 11) is 0. The summed E-state index contributed by atoms with van der Waals surface area (Å²) < 4.78 is 5.29. The van der Waals surface area contributed by atoms with E-state index >= 15 is 0 Å². The lowest BCUT2D eigenvalue weighted by molar-refractivity contribution is -0.150. The minimum absolute atomic E-state index is 0.0247. The van der Waals surface area contributed by atoms with Crippen LogP contribution in [0, 0.1) is 5.92 Å². The maximum absolute atomic E-state index is 11.6. The lowest BCUT2D eigenvalue weighted by Gasteiger charge is -2.16. The standard InChI is InChI=1S/C14H21NO2/c1-10(2)11(3)17-14(16)8-7-12-5-4-6-13(15)9-12/h4-6,9-11H,7-8,15H2,1-3H3. The zero-order chi connectivity index (χ0) is 12.8. The topological polar surface area (TPSA) is 52.3 Å². The van der Waals surface area contributed by atoms with Crippen molar-refractivity contribution in [2.24, 2.45) is 5.92 Å². The number of carbonyl (C=O) groups is 1. The summed E-state index contributed by atoms with van der Waals surface area (Å²) in [5, 5.41) is 0. The van der Waals surface area contributed by atoms with Gasteiger partial charge in [0.2, 0.25) is 0 Å². The van der Waals surface area contributed by atoms with Gasteiger partial charge in [0.1, 0.15) is 6.10 Å². The Labute approximate surface area is 103 Å². The van der Waals surface area contributed by atoms with E-state index in [0.717, 1.165) is 11.3 Å². The van der Waals surface area contributed by atoms with Crippen molar-refractivity contribution >= 4 is 11.7 Å². The summed E-state index contributed by atoms with van der Waals surface area (Å²) in [5.41, 5.74) is 7.47. The number of nitrogen functional groups attached to an aromatic ring is 1. The van der Waals surface area contributed by atoms with Crippen LogP contribution >= 0.6 is 0 Å². The summed E-state index contributed by atoms with van der Waals surface area (Å²) in [6.45, 7) is 5.99. The molecule has 0 bridgehead atoms. The van der Waals surface area contributed by atoms with Crippen LogP contribution in [0.5, 0.6) is 0 Å². The Morgan fingerprint density at radius 1 is 1.35 bits per heavy atom. The van der Waals surface area contributed by atoms with Gasteiger partial charge in [-0.25, -0.2) is 0 Å². The van der Waals surface area contributed by atoms with E-state index in [1.54, 1.807) is 0 Å². The van der Waals surface area contributed by atoms with Crippen LogP contribution in [-0.2, 0) is 16.0 Å². The summed E-state index contributed by atoms with van der Waals surface area (Å²) in [4.78, 5) is 11.6. The molecule has 0 aliphatic carbocycles. The van der Waals surface area contributed by atoms with Crippen molar-refractivity contribution in [1.29, 1.82) is 0 Å². The molecule has 1 atom stereocenters. The first-order chi connectivity index (χ1) is 7.99. The Balaban J connectivity index is 2.38. The van der Waals surface area contributed by atoms with Gasteiger partial charge in [-0.05, 0) is 37.0 Å². The average Bonchev–Trinajstić information content (AvgIpc) is 2.26. The lowest BCUT2D eigenvalue weighted by atomic mass is 10.1. The van der Waals surface area contributed by atoms with Gasteiger partial charge in [-0.1, -0.05) is 26.0 Å². The number of anilines is 1. The van der Waals surface area contributed by atoms with Crippen LogP contribution in [0.4, 0.5) is 5.69 Å². The van der Waals surface area contributed by atoms with Crippen LogP contribution in [-0.4, -0.2) is 12.1 Å².